The van der Waals surface area contributed by atoms with E-state index in [1.54, 1.807) is 18.2 Å². The lowest BCUT2D eigenvalue weighted by Crippen LogP contribution is -2.25. The summed E-state index contributed by atoms with van der Waals surface area (Å²) in [5.74, 6) is -3.58. The highest BCUT2D eigenvalue weighted by Gasteiger charge is 2.30. The second-order valence-corrected chi connectivity index (χ2v) is 10.2. The molecule has 3 nitrogen and oxygen atoms in total. The van der Waals surface area contributed by atoms with Crippen molar-refractivity contribution in [2.45, 2.75) is 71.1 Å². The van der Waals surface area contributed by atoms with Crippen molar-refractivity contribution in [1.82, 2.24) is 0 Å². The molecular formula is C32H35F3O3. The number of ether oxygens (including phenoxy) is 2. The maximum atomic E-state index is 14.8. The number of halogens is 3. The number of esters is 1. The normalized spacial score (nSPS) is 17.3. The second-order valence-electron chi connectivity index (χ2n) is 10.2. The van der Waals surface area contributed by atoms with Gasteiger partial charge in [-0.3, -0.25) is 4.79 Å². The van der Waals surface area contributed by atoms with Gasteiger partial charge in [0.05, 0.1) is 12.5 Å². The molecule has 0 amide bonds. The Morgan fingerprint density at radius 3 is 2.24 bits per heavy atom. The topological polar surface area (TPSA) is 35.5 Å². The summed E-state index contributed by atoms with van der Waals surface area (Å²) in [6.07, 6.45) is 6.69. The molecule has 0 saturated heterocycles. The third kappa shape index (κ3) is 6.77. The van der Waals surface area contributed by atoms with Crippen molar-refractivity contribution in [2.24, 2.45) is 5.92 Å². The first-order valence-electron chi connectivity index (χ1n) is 13.6. The highest BCUT2D eigenvalue weighted by atomic mass is 19.2. The van der Waals surface area contributed by atoms with Crippen LogP contribution in [-0.2, 0) is 4.79 Å². The van der Waals surface area contributed by atoms with Crippen LogP contribution in [0.15, 0.2) is 54.6 Å². The number of carbonyl (C=O) groups excluding carboxylic acids is 1. The Hall–Kier alpha value is -3.28. The van der Waals surface area contributed by atoms with Gasteiger partial charge in [-0.2, -0.15) is 4.39 Å². The van der Waals surface area contributed by atoms with E-state index in [-0.39, 0.29) is 23.0 Å². The lowest BCUT2D eigenvalue weighted by molar-refractivity contribution is -0.140. The number of aryl methyl sites for hydroxylation is 1. The van der Waals surface area contributed by atoms with Gasteiger partial charge in [-0.05, 0) is 80.3 Å². The largest absolute Gasteiger partial charge is 0.491 e. The van der Waals surface area contributed by atoms with Gasteiger partial charge in [0.15, 0.2) is 23.1 Å². The molecule has 0 spiro atoms. The molecule has 0 radical (unpaired) electrons. The van der Waals surface area contributed by atoms with Crippen molar-refractivity contribution in [3.05, 3.63) is 83.2 Å². The Labute approximate surface area is 223 Å². The van der Waals surface area contributed by atoms with E-state index in [4.69, 9.17) is 9.47 Å². The monoisotopic (exact) mass is 524 g/mol. The molecular weight excluding hydrogens is 489 g/mol. The van der Waals surface area contributed by atoms with Crippen LogP contribution < -0.4 is 9.47 Å². The average Bonchev–Trinajstić information content (AvgIpc) is 2.93. The molecule has 0 heterocycles. The zero-order valence-electron chi connectivity index (χ0n) is 22.1. The Kier molecular flexibility index (Phi) is 9.48. The van der Waals surface area contributed by atoms with Crippen molar-refractivity contribution < 1.29 is 27.4 Å². The van der Waals surface area contributed by atoms with Crippen LogP contribution in [0.2, 0.25) is 0 Å². The number of hydrogen-bond acceptors (Lipinski definition) is 3. The molecule has 202 valence electrons. The van der Waals surface area contributed by atoms with Gasteiger partial charge in [-0.25, -0.2) is 8.78 Å². The second kappa shape index (κ2) is 13.0. The van der Waals surface area contributed by atoms with E-state index in [1.807, 2.05) is 25.1 Å². The molecule has 3 aromatic carbocycles. The van der Waals surface area contributed by atoms with E-state index in [2.05, 4.69) is 6.92 Å². The van der Waals surface area contributed by atoms with Crippen molar-refractivity contribution in [2.75, 3.05) is 6.61 Å². The number of rotatable bonds is 10. The van der Waals surface area contributed by atoms with Crippen LogP contribution in [0.3, 0.4) is 0 Å². The van der Waals surface area contributed by atoms with E-state index in [9.17, 15) is 18.0 Å². The molecule has 0 bridgehead atoms. The summed E-state index contributed by atoms with van der Waals surface area (Å²) in [7, 11) is 0. The van der Waals surface area contributed by atoms with E-state index in [0.717, 1.165) is 36.8 Å². The predicted octanol–water partition coefficient (Wildman–Crippen LogP) is 8.92. The third-order valence-corrected chi connectivity index (χ3v) is 7.36. The summed E-state index contributed by atoms with van der Waals surface area (Å²) >= 11 is 0. The molecule has 1 aliphatic carbocycles. The van der Waals surface area contributed by atoms with Gasteiger partial charge in [0.1, 0.15) is 0 Å². The molecule has 6 heteroatoms. The standard InChI is InChI=1S/C32H35F3O3/c1-3-4-5-6-19-37-28-17-15-25(20-27(28)33)22-11-13-24(14-12-22)32(36)38-29-18-16-26(30(34)31(29)35)23-9-7-21(2)8-10-23/h7-10,15-18,20,22,24H,3-6,11-14,19H2,1-2H3. The van der Waals surface area contributed by atoms with Crippen LogP contribution in [0.25, 0.3) is 11.1 Å². The number of hydrogen-bond donors (Lipinski definition) is 0. The first-order valence-corrected chi connectivity index (χ1v) is 13.6. The zero-order chi connectivity index (χ0) is 27.1. The van der Waals surface area contributed by atoms with Crippen molar-refractivity contribution in [3.63, 3.8) is 0 Å². The average molecular weight is 525 g/mol. The minimum atomic E-state index is -1.17. The fourth-order valence-electron chi connectivity index (χ4n) is 5.02. The molecule has 0 unspecified atom stereocenters. The van der Waals surface area contributed by atoms with Crippen LogP contribution in [0, 0.1) is 30.3 Å². The Bertz CT molecular complexity index is 1230. The Balaban J connectivity index is 1.31. The van der Waals surface area contributed by atoms with Crippen LogP contribution in [-0.4, -0.2) is 12.6 Å². The van der Waals surface area contributed by atoms with Gasteiger partial charge in [0.2, 0.25) is 5.82 Å². The summed E-state index contributed by atoms with van der Waals surface area (Å²) < 4.78 is 55.0. The zero-order valence-corrected chi connectivity index (χ0v) is 22.1. The van der Waals surface area contributed by atoms with E-state index in [0.29, 0.717) is 37.9 Å². The molecule has 1 fully saturated rings. The smallest absolute Gasteiger partial charge is 0.314 e. The Morgan fingerprint density at radius 2 is 1.55 bits per heavy atom. The predicted molar refractivity (Wildman–Crippen MR) is 143 cm³/mol. The van der Waals surface area contributed by atoms with E-state index < -0.39 is 29.3 Å². The van der Waals surface area contributed by atoms with Gasteiger partial charge in [-0.15, -0.1) is 0 Å². The molecule has 0 N–H and O–H groups in total. The van der Waals surface area contributed by atoms with E-state index in [1.165, 1.54) is 18.2 Å². The molecule has 1 aliphatic rings. The van der Waals surface area contributed by atoms with Crippen LogP contribution in [0.4, 0.5) is 13.2 Å². The SMILES string of the molecule is CCCCCCOc1ccc(C2CCC(C(=O)Oc3ccc(-c4ccc(C)cc4)c(F)c3F)CC2)cc1F. The van der Waals surface area contributed by atoms with E-state index >= 15 is 0 Å². The first kappa shape index (κ1) is 27.7. The lowest BCUT2D eigenvalue weighted by atomic mass is 9.78. The fourth-order valence-corrected chi connectivity index (χ4v) is 5.02. The summed E-state index contributed by atoms with van der Waals surface area (Å²) in [5, 5.41) is 0. The van der Waals surface area contributed by atoms with Crippen molar-refractivity contribution in [3.8, 4) is 22.6 Å². The minimum Gasteiger partial charge on any atom is -0.491 e. The molecule has 4 rings (SSSR count). The summed E-state index contributed by atoms with van der Waals surface area (Å²) in [6, 6.07) is 14.9. The van der Waals surface area contributed by atoms with Gasteiger partial charge in [0, 0.05) is 5.56 Å². The number of unbranched alkanes of at least 4 members (excludes halogenated alkanes) is 3. The maximum Gasteiger partial charge on any atom is 0.314 e. The van der Waals surface area contributed by atoms with Gasteiger partial charge < -0.3 is 9.47 Å². The lowest BCUT2D eigenvalue weighted by Gasteiger charge is -2.27. The molecule has 1 saturated carbocycles. The molecule has 0 atom stereocenters. The summed E-state index contributed by atoms with van der Waals surface area (Å²) in [5.41, 5.74) is 2.56. The quantitative estimate of drug-likeness (QED) is 0.151. The van der Waals surface area contributed by atoms with Crippen molar-refractivity contribution >= 4 is 5.97 Å². The summed E-state index contributed by atoms with van der Waals surface area (Å²) in [4.78, 5) is 12.7. The summed E-state index contributed by atoms with van der Waals surface area (Å²) in [6.45, 7) is 4.56. The highest BCUT2D eigenvalue weighted by molar-refractivity contribution is 5.76. The molecule has 3 aromatic rings. The number of carbonyl (C=O) groups is 1. The minimum absolute atomic E-state index is 0.114. The van der Waals surface area contributed by atoms with Crippen molar-refractivity contribution in [1.29, 1.82) is 0 Å². The maximum absolute atomic E-state index is 14.8. The molecule has 38 heavy (non-hydrogen) atoms. The molecule has 0 aromatic heterocycles. The fraction of sp³-hybridized carbons (Fsp3) is 0.406. The van der Waals surface area contributed by atoms with Crippen LogP contribution in [0.1, 0.15) is 75.3 Å². The molecule has 0 aliphatic heterocycles. The van der Waals surface area contributed by atoms with Gasteiger partial charge in [0.25, 0.3) is 0 Å². The van der Waals surface area contributed by atoms with Gasteiger partial charge in [-0.1, -0.05) is 62.1 Å². The van der Waals surface area contributed by atoms with Gasteiger partial charge >= 0.3 is 5.97 Å². The first-order chi connectivity index (χ1) is 18.4. The van der Waals surface area contributed by atoms with Crippen LogP contribution in [0.5, 0.6) is 11.5 Å². The highest BCUT2D eigenvalue weighted by Crippen LogP contribution is 2.38. The number of benzene rings is 3. The third-order valence-electron chi connectivity index (χ3n) is 7.36. The van der Waals surface area contributed by atoms with Crippen LogP contribution >= 0.6 is 0 Å². The Morgan fingerprint density at radius 1 is 0.842 bits per heavy atom.